The van der Waals surface area contributed by atoms with Crippen molar-refractivity contribution in [3.63, 3.8) is 0 Å². The molecule has 8 nitrogen and oxygen atoms in total. The first-order valence-corrected chi connectivity index (χ1v) is 11.4. The van der Waals surface area contributed by atoms with Crippen molar-refractivity contribution in [1.82, 2.24) is 15.0 Å². The molecule has 3 aromatic rings. The number of nitrogens with zero attached hydrogens (tertiary/aromatic N) is 4. The van der Waals surface area contributed by atoms with E-state index in [1.54, 1.807) is 18.4 Å². The van der Waals surface area contributed by atoms with Crippen LogP contribution in [0, 0.1) is 0 Å². The lowest BCUT2D eigenvalue weighted by atomic mass is 10.2. The van der Waals surface area contributed by atoms with Crippen molar-refractivity contribution in [3.8, 4) is 10.6 Å². The molecule has 4 rings (SSSR count). The lowest BCUT2D eigenvalue weighted by Gasteiger charge is -2.25. The van der Waals surface area contributed by atoms with Gasteiger partial charge < -0.3 is 14.8 Å². The molecular weight excluding hydrogens is 473 g/mol. The third-order valence-corrected chi connectivity index (χ3v) is 6.81. The number of carbonyl (C=O) groups is 1. The van der Waals surface area contributed by atoms with Crippen molar-refractivity contribution in [3.05, 3.63) is 51.6 Å². The molecule has 1 saturated heterocycles. The van der Waals surface area contributed by atoms with Crippen LogP contribution in [-0.2, 0) is 9.47 Å². The fourth-order valence-electron chi connectivity index (χ4n) is 3.27. The minimum Gasteiger partial charge on any atom is -0.447 e. The first-order valence-electron chi connectivity index (χ1n) is 9.87. The van der Waals surface area contributed by atoms with Gasteiger partial charge in [-0.3, -0.25) is 4.90 Å². The molecule has 1 aliphatic rings. The van der Waals surface area contributed by atoms with Gasteiger partial charge in [-0.2, -0.15) is 4.98 Å². The highest BCUT2D eigenvalue weighted by Crippen LogP contribution is 2.32. The maximum atomic E-state index is 12.3. The van der Waals surface area contributed by atoms with Crippen LogP contribution in [0.4, 0.5) is 16.6 Å². The Hall–Kier alpha value is -2.46. The molecule has 0 radical (unpaired) electrons. The molecule has 0 aliphatic carbocycles. The van der Waals surface area contributed by atoms with E-state index in [-0.39, 0.29) is 29.9 Å². The molecule has 0 spiro atoms. The smallest absolute Gasteiger partial charge is 0.416 e. The second-order valence-corrected chi connectivity index (χ2v) is 9.15. The third-order valence-electron chi connectivity index (χ3n) is 5.13. The highest BCUT2D eigenvalue weighted by Gasteiger charge is 2.39. The molecule has 2 aromatic heterocycles. The zero-order chi connectivity index (χ0) is 22.8. The summed E-state index contributed by atoms with van der Waals surface area (Å²) in [6.07, 6.45) is 1.07. The van der Waals surface area contributed by atoms with E-state index in [0.29, 0.717) is 16.8 Å². The van der Waals surface area contributed by atoms with E-state index in [2.05, 4.69) is 20.3 Å². The first kappa shape index (κ1) is 22.7. The number of anilines is 2. The van der Waals surface area contributed by atoms with Gasteiger partial charge in [0, 0.05) is 34.8 Å². The predicted molar refractivity (Wildman–Crippen MR) is 126 cm³/mol. The number of amides is 1. The first-order chi connectivity index (χ1) is 15.4. The average molecular weight is 494 g/mol. The van der Waals surface area contributed by atoms with E-state index in [1.807, 2.05) is 44.3 Å². The molecule has 32 heavy (non-hydrogen) atoms. The Morgan fingerprint density at radius 1 is 1.25 bits per heavy atom. The van der Waals surface area contributed by atoms with Crippen LogP contribution in [-0.4, -0.2) is 46.9 Å². The van der Waals surface area contributed by atoms with Crippen LogP contribution in [0.5, 0.6) is 0 Å². The minimum atomic E-state index is -0.497. The lowest BCUT2D eigenvalue weighted by molar-refractivity contribution is 0.0881. The molecular formula is C21H21Cl2N5O3S. The van der Waals surface area contributed by atoms with E-state index < -0.39 is 6.09 Å². The number of aromatic nitrogens is 3. The molecule has 1 amide bonds. The van der Waals surface area contributed by atoms with Gasteiger partial charge in [0.15, 0.2) is 0 Å². The van der Waals surface area contributed by atoms with Gasteiger partial charge in [-0.05, 0) is 26.0 Å². The Morgan fingerprint density at radius 3 is 2.72 bits per heavy atom. The lowest BCUT2D eigenvalue weighted by Crippen LogP contribution is -2.42. The number of carbonyl (C=O) groups excluding carboxylic acids is 1. The molecule has 1 fully saturated rings. The standard InChI is InChI=1S/C21H21Cl2N5O3S/c1-11(16-9-24-19(32-16)13-4-6-14(22)7-5-13)25-20-26-17(23)8-18(27-20)28-15(12(2)30-3)10-31-21(28)29/h4-9,11-12,15H,10H2,1-3H3,(H,25,26,27)/t11-,12+,15?/m0/s1. The number of nitrogens with one attached hydrogen (secondary N) is 1. The van der Waals surface area contributed by atoms with Gasteiger partial charge in [0.1, 0.15) is 28.6 Å². The molecule has 1 unspecified atom stereocenters. The molecule has 11 heteroatoms. The Balaban J connectivity index is 1.54. The number of benzene rings is 1. The SMILES string of the molecule is CO[C@H](C)C1COC(=O)N1c1cc(Cl)nc(N[C@@H](C)c2cnc(-c3ccc(Cl)cc3)s2)n1. The normalized spacial score (nSPS) is 17.8. The molecule has 1 aliphatic heterocycles. The van der Waals surface area contributed by atoms with Gasteiger partial charge in [0.25, 0.3) is 0 Å². The molecule has 1 aromatic carbocycles. The summed E-state index contributed by atoms with van der Waals surface area (Å²) in [6.45, 7) is 4.05. The second kappa shape index (κ2) is 9.58. The number of rotatable bonds is 7. The minimum absolute atomic E-state index is 0.140. The topological polar surface area (TPSA) is 89.5 Å². The largest absolute Gasteiger partial charge is 0.447 e. The fourth-order valence-corrected chi connectivity index (χ4v) is 4.50. The van der Waals surface area contributed by atoms with Crippen LogP contribution < -0.4 is 10.2 Å². The Labute approximate surface area is 199 Å². The third kappa shape index (κ3) is 4.80. The van der Waals surface area contributed by atoms with E-state index in [0.717, 1.165) is 15.4 Å². The number of thiazole rings is 1. The Morgan fingerprint density at radius 2 is 2.00 bits per heavy atom. The van der Waals surface area contributed by atoms with Crippen LogP contribution in [0.15, 0.2) is 36.5 Å². The molecule has 0 bridgehead atoms. The van der Waals surface area contributed by atoms with Crippen LogP contribution >= 0.6 is 34.5 Å². The van der Waals surface area contributed by atoms with Crippen molar-refractivity contribution in [1.29, 1.82) is 0 Å². The zero-order valence-electron chi connectivity index (χ0n) is 17.6. The van der Waals surface area contributed by atoms with Crippen molar-refractivity contribution in [2.24, 2.45) is 0 Å². The highest BCUT2D eigenvalue weighted by atomic mass is 35.5. The summed E-state index contributed by atoms with van der Waals surface area (Å²) in [7, 11) is 1.58. The van der Waals surface area contributed by atoms with E-state index in [4.69, 9.17) is 32.7 Å². The Bertz CT molecular complexity index is 1110. The maximum absolute atomic E-state index is 12.3. The number of cyclic esters (lactones) is 1. The second-order valence-electron chi connectivity index (χ2n) is 7.27. The number of hydrogen-bond donors (Lipinski definition) is 1. The summed E-state index contributed by atoms with van der Waals surface area (Å²) in [6, 6.07) is 8.62. The van der Waals surface area contributed by atoms with Crippen LogP contribution in [0.3, 0.4) is 0 Å². The maximum Gasteiger partial charge on any atom is 0.416 e. The van der Waals surface area contributed by atoms with Crippen LogP contribution in [0.2, 0.25) is 10.2 Å². The number of halogens is 2. The predicted octanol–water partition coefficient (Wildman–Crippen LogP) is 5.44. The molecule has 0 saturated carbocycles. The average Bonchev–Trinajstić information content (AvgIpc) is 3.40. The quantitative estimate of drug-likeness (QED) is 0.438. The summed E-state index contributed by atoms with van der Waals surface area (Å²) in [4.78, 5) is 28.1. The monoisotopic (exact) mass is 493 g/mol. The number of hydrogen-bond acceptors (Lipinski definition) is 8. The number of methoxy groups -OCH3 is 1. The van der Waals surface area contributed by atoms with Gasteiger partial charge in [-0.1, -0.05) is 35.3 Å². The van der Waals surface area contributed by atoms with Crippen LogP contribution in [0.25, 0.3) is 10.6 Å². The van der Waals surface area contributed by atoms with Gasteiger partial charge in [-0.25, -0.2) is 14.8 Å². The van der Waals surface area contributed by atoms with Crippen molar-refractivity contribution < 1.29 is 14.3 Å². The van der Waals surface area contributed by atoms with Crippen LogP contribution in [0.1, 0.15) is 24.8 Å². The summed E-state index contributed by atoms with van der Waals surface area (Å²) < 4.78 is 10.6. The molecule has 1 N–H and O–H groups in total. The fraction of sp³-hybridized carbons (Fsp3) is 0.333. The number of ether oxygens (including phenoxy) is 2. The molecule has 3 atom stereocenters. The van der Waals surface area contributed by atoms with E-state index >= 15 is 0 Å². The molecule has 3 heterocycles. The zero-order valence-corrected chi connectivity index (χ0v) is 19.9. The van der Waals surface area contributed by atoms with E-state index in [1.165, 1.54) is 11.0 Å². The van der Waals surface area contributed by atoms with Gasteiger partial charge in [-0.15, -0.1) is 11.3 Å². The Kier molecular flexibility index (Phi) is 6.80. The van der Waals surface area contributed by atoms with Crippen molar-refractivity contribution in [2.45, 2.75) is 32.0 Å². The van der Waals surface area contributed by atoms with E-state index in [9.17, 15) is 4.79 Å². The van der Waals surface area contributed by atoms with Gasteiger partial charge in [0.2, 0.25) is 5.95 Å². The summed E-state index contributed by atoms with van der Waals surface area (Å²) >= 11 is 13.8. The van der Waals surface area contributed by atoms with Gasteiger partial charge in [0.05, 0.1) is 12.1 Å². The summed E-state index contributed by atoms with van der Waals surface area (Å²) in [5, 5.41) is 5.01. The van der Waals surface area contributed by atoms with Gasteiger partial charge >= 0.3 is 6.09 Å². The van der Waals surface area contributed by atoms with Crippen molar-refractivity contribution in [2.75, 3.05) is 23.9 Å². The summed E-state index contributed by atoms with van der Waals surface area (Å²) in [5.41, 5.74) is 0.991. The summed E-state index contributed by atoms with van der Waals surface area (Å²) in [5.74, 6) is 0.646. The highest BCUT2D eigenvalue weighted by molar-refractivity contribution is 7.15. The van der Waals surface area contributed by atoms with Crippen molar-refractivity contribution >= 4 is 52.4 Å². The molecule has 168 valence electrons.